The van der Waals surface area contributed by atoms with Gasteiger partial charge in [0.1, 0.15) is 5.75 Å². The molecule has 1 fully saturated rings. The number of benzene rings is 1. The predicted molar refractivity (Wildman–Crippen MR) is 84.4 cm³/mol. The average molecular weight is 291 g/mol. The molecule has 1 aliphatic heterocycles. The molecular formula is C16H25N3O2. The van der Waals surface area contributed by atoms with Gasteiger partial charge in [0.15, 0.2) is 0 Å². The summed E-state index contributed by atoms with van der Waals surface area (Å²) in [6.45, 7) is 4.90. The van der Waals surface area contributed by atoms with Crippen LogP contribution in [0.5, 0.6) is 5.75 Å². The first-order valence-corrected chi connectivity index (χ1v) is 7.51. The number of ether oxygens (including phenoxy) is 1. The molecule has 0 saturated carbocycles. The first-order valence-electron chi connectivity index (χ1n) is 7.51. The molecule has 0 spiro atoms. The predicted octanol–water partition coefficient (Wildman–Crippen LogP) is 1.69. The van der Waals surface area contributed by atoms with Gasteiger partial charge in [-0.05, 0) is 31.0 Å². The molecule has 0 bridgehead atoms. The van der Waals surface area contributed by atoms with Crippen LogP contribution in [0.25, 0.3) is 0 Å². The lowest BCUT2D eigenvalue weighted by atomic mass is 9.95. The van der Waals surface area contributed by atoms with E-state index in [0.717, 1.165) is 31.7 Å². The summed E-state index contributed by atoms with van der Waals surface area (Å²) >= 11 is 0. The number of hydrogen-bond donors (Lipinski definition) is 2. The van der Waals surface area contributed by atoms with Crippen LogP contribution < -0.4 is 15.8 Å². The third-order valence-electron chi connectivity index (χ3n) is 4.09. The molecule has 1 aromatic carbocycles. The van der Waals surface area contributed by atoms with E-state index in [0.29, 0.717) is 24.1 Å². The fraction of sp³-hybridized carbons (Fsp3) is 0.562. The Morgan fingerprint density at radius 3 is 2.95 bits per heavy atom. The molecule has 3 N–H and O–H groups in total. The number of anilines is 1. The minimum Gasteiger partial charge on any atom is -0.495 e. The molecule has 5 heteroatoms. The van der Waals surface area contributed by atoms with Crippen LogP contribution in [0.4, 0.5) is 5.69 Å². The Bertz CT molecular complexity index is 478. The Balaban J connectivity index is 1.80. The SMILES string of the molecule is COc1ccccc1NC(=O)CCN1CCC(N)C(C)C1. The van der Waals surface area contributed by atoms with Crippen LogP contribution >= 0.6 is 0 Å². The number of rotatable bonds is 5. The highest BCUT2D eigenvalue weighted by Crippen LogP contribution is 2.23. The number of carbonyl (C=O) groups excluding carboxylic acids is 1. The van der Waals surface area contributed by atoms with E-state index in [4.69, 9.17) is 10.5 Å². The summed E-state index contributed by atoms with van der Waals surface area (Å²) in [7, 11) is 1.60. The second-order valence-corrected chi connectivity index (χ2v) is 5.73. The van der Waals surface area contributed by atoms with Crippen LogP contribution in [0, 0.1) is 5.92 Å². The van der Waals surface area contributed by atoms with Gasteiger partial charge in [-0.15, -0.1) is 0 Å². The molecule has 21 heavy (non-hydrogen) atoms. The van der Waals surface area contributed by atoms with Crippen LogP contribution in [0.15, 0.2) is 24.3 Å². The molecule has 0 radical (unpaired) electrons. The van der Waals surface area contributed by atoms with Gasteiger partial charge in [0.05, 0.1) is 12.8 Å². The smallest absolute Gasteiger partial charge is 0.225 e. The van der Waals surface area contributed by atoms with Gasteiger partial charge in [0.2, 0.25) is 5.91 Å². The van der Waals surface area contributed by atoms with E-state index in [1.54, 1.807) is 7.11 Å². The minimum absolute atomic E-state index is 0.0158. The van der Waals surface area contributed by atoms with Crippen LogP contribution in [-0.4, -0.2) is 43.6 Å². The monoisotopic (exact) mass is 291 g/mol. The topological polar surface area (TPSA) is 67.6 Å². The summed E-state index contributed by atoms with van der Waals surface area (Å²) in [5.74, 6) is 1.20. The number of piperidine rings is 1. The van der Waals surface area contributed by atoms with Crippen LogP contribution in [0.2, 0.25) is 0 Å². The van der Waals surface area contributed by atoms with Crippen LogP contribution in [0.1, 0.15) is 19.8 Å². The summed E-state index contributed by atoms with van der Waals surface area (Å²) in [5, 5.41) is 2.91. The average Bonchev–Trinajstić information content (AvgIpc) is 2.49. The van der Waals surface area contributed by atoms with Gasteiger partial charge < -0.3 is 20.7 Å². The molecule has 2 atom stereocenters. The molecule has 0 aliphatic carbocycles. The zero-order valence-corrected chi connectivity index (χ0v) is 12.8. The zero-order valence-electron chi connectivity index (χ0n) is 12.8. The van der Waals surface area contributed by atoms with E-state index in [9.17, 15) is 4.79 Å². The Morgan fingerprint density at radius 1 is 1.48 bits per heavy atom. The molecule has 1 aromatic rings. The molecule has 1 heterocycles. The van der Waals surface area contributed by atoms with E-state index < -0.39 is 0 Å². The molecule has 1 amide bonds. The maximum Gasteiger partial charge on any atom is 0.225 e. The molecule has 5 nitrogen and oxygen atoms in total. The first kappa shape index (κ1) is 15.8. The van der Waals surface area contributed by atoms with Crippen molar-refractivity contribution in [3.63, 3.8) is 0 Å². The van der Waals surface area contributed by atoms with Gasteiger partial charge >= 0.3 is 0 Å². The van der Waals surface area contributed by atoms with Crippen molar-refractivity contribution in [1.82, 2.24) is 4.90 Å². The van der Waals surface area contributed by atoms with Gasteiger partial charge in [0, 0.05) is 25.6 Å². The highest BCUT2D eigenvalue weighted by molar-refractivity contribution is 5.92. The number of likely N-dealkylation sites (tertiary alicyclic amines) is 1. The standard InChI is InChI=1S/C16H25N3O2/c1-12-11-19(9-7-13(12)17)10-8-16(20)18-14-5-3-4-6-15(14)21-2/h3-6,12-13H,7-11,17H2,1-2H3,(H,18,20). The van der Waals surface area contributed by atoms with E-state index in [2.05, 4.69) is 17.1 Å². The highest BCUT2D eigenvalue weighted by atomic mass is 16.5. The number of nitrogens with two attached hydrogens (primary N) is 1. The fourth-order valence-electron chi connectivity index (χ4n) is 2.67. The normalized spacial score (nSPS) is 22.8. The van der Waals surface area contributed by atoms with Crippen molar-refractivity contribution in [2.75, 3.05) is 32.1 Å². The first-order chi connectivity index (χ1) is 10.1. The highest BCUT2D eigenvalue weighted by Gasteiger charge is 2.23. The fourth-order valence-corrected chi connectivity index (χ4v) is 2.67. The van der Waals surface area contributed by atoms with Crippen LogP contribution in [0.3, 0.4) is 0 Å². The number of nitrogens with zero attached hydrogens (tertiary/aromatic N) is 1. The van der Waals surface area contributed by atoms with E-state index >= 15 is 0 Å². The maximum absolute atomic E-state index is 12.1. The third kappa shape index (κ3) is 4.44. The Kier molecular flexibility index (Phi) is 5.59. The van der Waals surface area contributed by atoms with Crippen molar-refractivity contribution < 1.29 is 9.53 Å². The largest absolute Gasteiger partial charge is 0.495 e. The minimum atomic E-state index is 0.0158. The van der Waals surface area contributed by atoms with Crippen LogP contribution in [-0.2, 0) is 4.79 Å². The lowest BCUT2D eigenvalue weighted by molar-refractivity contribution is -0.116. The van der Waals surface area contributed by atoms with E-state index in [-0.39, 0.29) is 5.91 Å². The number of amides is 1. The summed E-state index contributed by atoms with van der Waals surface area (Å²) in [4.78, 5) is 14.4. The van der Waals surface area contributed by atoms with Crippen molar-refractivity contribution in [2.24, 2.45) is 11.7 Å². The summed E-state index contributed by atoms with van der Waals surface area (Å²) in [5.41, 5.74) is 6.73. The Hall–Kier alpha value is -1.59. The van der Waals surface area contributed by atoms with Gasteiger partial charge in [-0.3, -0.25) is 4.79 Å². The van der Waals surface area contributed by atoms with Crippen molar-refractivity contribution in [2.45, 2.75) is 25.8 Å². The second kappa shape index (κ2) is 7.43. The molecule has 1 aliphatic rings. The Morgan fingerprint density at radius 2 is 2.24 bits per heavy atom. The molecule has 2 rings (SSSR count). The zero-order chi connectivity index (χ0) is 15.2. The number of carbonyl (C=O) groups is 1. The number of para-hydroxylation sites is 2. The van der Waals surface area contributed by atoms with E-state index in [1.807, 2.05) is 24.3 Å². The van der Waals surface area contributed by atoms with Crippen molar-refractivity contribution >= 4 is 11.6 Å². The Labute approximate surface area is 126 Å². The van der Waals surface area contributed by atoms with Gasteiger partial charge in [-0.1, -0.05) is 19.1 Å². The number of nitrogens with one attached hydrogen (secondary N) is 1. The molecular weight excluding hydrogens is 266 g/mol. The van der Waals surface area contributed by atoms with Gasteiger partial charge in [0.25, 0.3) is 0 Å². The number of hydrogen-bond acceptors (Lipinski definition) is 4. The molecule has 1 saturated heterocycles. The molecule has 2 unspecified atom stereocenters. The third-order valence-corrected chi connectivity index (χ3v) is 4.09. The van der Waals surface area contributed by atoms with Gasteiger partial charge in [-0.25, -0.2) is 0 Å². The second-order valence-electron chi connectivity index (χ2n) is 5.73. The maximum atomic E-state index is 12.1. The molecule has 0 aromatic heterocycles. The lowest BCUT2D eigenvalue weighted by Gasteiger charge is -2.34. The van der Waals surface area contributed by atoms with Crippen molar-refractivity contribution in [3.05, 3.63) is 24.3 Å². The lowest BCUT2D eigenvalue weighted by Crippen LogP contribution is -2.46. The summed E-state index contributed by atoms with van der Waals surface area (Å²) in [6, 6.07) is 7.74. The van der Waals surface area contributed by atoms with Crippen molar-refractivity contribution in [1.29, 1.82) is 0 Å². The van der Waals surface area contributed by atoms with Crippen molar-refractivity contribution in [3.8, 4) is 5.75 Å². The summed E-state index contributed by atoms with van der Waals surface area (Å²) < 4.78 is 5.23. The van der Waals surface area contributed by atoms with E-state index in [1.165, 1.54) is 0 Å². The summed E-state index contributed by atoms with van der Waals surface area (Å²) in [6.07, 6.45) is 1.50. The molecule has 116 valence electrons. The quantitative estimate of drug-likeness (QED) is 0.866. The van der Waals surface area contributed by atoms with Gasteiger partial charge in [-0.2, -0.15) is 0 Å². The number of methoxy groups -OCH3 is 1.